The van der Waals surface area contributed by atoms with Gasteiger partial charge in [-0.3, -0.25) is 4.79 Å². The highest BCUT2D eigenvalue weighted by Crippen LogP contribution is 2.42. The molecule has 4 heteroatoms. The summed E-state index contributed by atoms with van der Waals surface area (Å²) in [4.78, 5) is 14.6. The van der Waals surface area contributed by atoms with Crippen LogP contribution in [0.25, 0.3) is 0 Å². The van der Waals surface area contributed by atoms with Gasteiger partial charge in [-0.15, -0.1) is 0 Å². The zero-order chi connectivity index (χ0) is 15.2. The second-order valence-corrected chi connectivity index (χ2v) is 7.09. The molecule has 108 valence electrons. The number of anilines is 1. The quantitative estimate of drug-likeness (QED) is 0.740. The van der Waals surface area contributed by atoms with Crippen molar-refractivity contribution in [1.29, 1.82) is 0 Å². The van der Waals surface area contributed by atoms with Crippen molar-refractivity contribution in [2.24, 2.45) is 0 Å². The molecule has 2 nitrogen and oxygen atoms in total. The summed E-state index contributed by atoms with van der Waals surface area (Å²) in [5.41, 5.74) is 2.51. The van der Waals surface area contributed by atoms with E-state index in [-0.39, 0.29) is 5.91 Å². The second kappa shape index (κ2) is 5.15. The number of hydrogen-bond acceptors (Lipinski definition) is 1. The predicted octanol–water partition coefficient (Wildman–Crippen LogP) is 4.93. The zero-order valence-electron chi connectivity index (χ0n) is 11.9. The third-order valence-corrected chi connectivity index (χ3v) is 4.84. The molecule has 0 bridgehead atoms. The lowest BCUT2D eigenvalue weighted by Gasteiger charge is -2.21. The van der Waals surface area contributed by atoms with Gasteiger partial charge in [-0.05, 0) is 43.2 Å². The van der Waals surface area contributed by atoms with Gasteiger partial charge in [0.15, 0.2) is 0 Å². The Balaban J connectivity index is 2.02. The van der Waals surface area contributed by atoms with Gasteiger partial charge in [0.05, 0.1) is 12.0 Å². The molecule has 0 atom stereocenters. The summed E-state index contributed by atoms with van der Waals surface area (Å²) in [5, 5.41) is 0.666. The normalized spacial score (nSPS) is 16.2. The molecule has 1 aliphatic rings. The molecule has 0 saturated heterocycles. The van der Waals surface area contributed by atoms with Crippen LogP contribution in [0, 0.1) is 0 Å². The predicted molar refractivity (Wildman–Crippen MR) is 89.8 cm³/mol. The SMILES string of the molecule is CC1(C)C(=O)N(Cc2ccc(Br)cc2Cl)c2ccccc21. The number of carbonyl (C=O) groups excluding carboxylic acids is 1. The molecule has 0 N–H and O–H groups in total. The molecule has 0 aromatic heterocycles. The summed E-state index contributed by atoms with van der Waals surface area (Å²) in [5.74, 6) is 0.114. The zero-order valence-corrected chi connectivity index (χ0v) is 14.2. The maximum atomic E-state index is 12.7. The molecule has 2 aromatic carbocycles. The first-order valence-electron chi connectivity index (χ1n) is 6.76. The molecule has 0 fully saturated rings. The molecule has 0 saturated carbocycles. The number of nitrogens with zero attached hydrogens (tertiary/aromatic N) is 1. The smallest absolute Gasteiger partial charge is 0.237 e. The highest BCUT2D eigenvalue weighted by Gasteiger charge is 2.43. The molecule has 0 unspecified atom stereocenters. The number of hydrogen-bond donors (Lipinski definition) is 0. The van der Waals surface area contributed by atoms with Gasteiger partial charge in [-0.2, -0.15) is 0 Å². The van der Waals surface area contributed by atoms with Gasteiger partial charge < -0.3 is 4.90 Å². The number of para-hydroxylation sites is 1. The molecular weight excluding hydrogens is 350 g/mol. The first-order chi connectivity index (χ1) is 9.91. The van der Waals surface area contributed by atoms with Crippen LogP contribution in [0.15, 0.2) is 46.9 Å². The van der Waals surface area contributed by atoms with E-state index in [4.69, 9.17) is 11.6 Å². The maximum Gasteiger partial charge on any atom is 0.237 e. The summed E-state index contributed by atoms with van der Waals surface area (Å²) in [6.07, 6.45) is 0. The van der Waals surface area contributed by atoms with Crippen LogP contribution in [-0.2, 0) is 16.8 Å². The Bertz CT molecular complexity index is 726. The minimum absolute atomic E-state index is 0.114. The lowest BCUT2D eigenvalue weighted by Crippen LogP contribution is -2.35. The van der Waals surface area contributed by atoms with Crippen LogP contribution in [0.1, 0.15) is 25.0 Å². The van der Waals surface area contributed by atoms with Crippen LogP contribution in [-0.4, -0.2) is 5.91 Å². The minimum atomic E-state index is -0.488. The van der Waals surface area contributed by atoms with Crippen molar-refractivity contribution in [3.8, 4) is 0 Å². The largest absolute Gasteiger partial charge is 0.307 e. The van der Waals surface area contributed by atoms with Crippen LogP contribution < -0.4 is 4.90 Å². The number of amides is 1. The van der Waals surface area contributed by atoms with Crippen LogP contribution in [0.4, 0.5) is 5.69 Å². The molecule has 21 heavy (non-hydrogen) atoms. The monoisotopic (exact) mass is 363 g/mol. The highest BCUT2D eigenvalue weighted by molar-refractivity contribution is 9.10. The topological polar surface area (TPSA) is 20.3 Å². The Labute approximate surface area is 137 Å². The van der Waals surface area contributed by atoms with Gasteiger partial charge in [-0.1, -0.05) is 51.8 Å². The Hall–Kier alpha value is -1.32. The molecule has 1 amide bonds. The first kappa shape index (κ1) is 14.6. The molecule has 3 rings (SSSR count). The van der Waals surface area contributed by atoms with Crippen molar-refractivity contribution >= 4 is 39.1 Å². The summed E-state index contributed by atoms with van der Waals surface area (Å²) in [6.45, 7) is 4.43. The fourth-order valence-electron chi connectivity index (χ4n) is 2.78. The third kappa shape index (κ3) is 2.39. The summed E-state index contributed by atoms with van der Waals surface area (Å²) >= 11 is 9.69. The van der Waals surface area contributed by atoms with Crippen LogP contribution >= 0.6 is 27.5 Å². The van der Waals surface area contributed by atoms with Gasteiger partial charge >= 0.3 is 0 Å². The molecule has 1 heterocycles. The van der Waals surface area contributed by atoms with Gasteiger partial charge in [-0.25, -0.2) is 0 Å². The van der Waals surface area contributed by atoms with E-state index in [1.165, 1.54) is 0 Å². The fraction of sp³-hybridized carbons (Fsp3) is 0.235. The summed E-state index contributed by atoms with van der Waals surface area (Å²) in [6, 6.07) is 13.7. The Morgan fingerprint density at radius 1 is 1.19 bits per heavy atom. The van der Waals surface area contributed by atoms with E-state index < -0.39 is 5.41 Å². The average molecular weight is 365 g/mol. The standard InChI is InChI=1S/C17H15BrClNO/c1-17(2)13-5-3-4-6-15(13)20(16(17)21)10-11-7-8-12(18)9-14(11)19/h3-9H,10H2,1-2H3. The van der Waals surface area contributed by atoms with E-state index in [2.05, 4.69) is 15.9 Å². The van der Waals surface area contributed by atoms with Gasteiger partial charge in [0.1, 0.15) is 0 Å². The lowest BCUT2D eigenvalue weighted by atomic mass is 9.86. The van der Waals surface area contributed by atoms with Crippen LogP contribution in [0.5, 0.6) is 0 Å². The Morgan fingerprint density at radius 3 is 2.62 bits per heavy atom. The van der Waals surface area contributed by atoms with E-state index in [9.17, 15) is 4.79 Å². The van der Waals surface area contributed by atoms with Gasteiger partial charge in [0, 0.05) is 15.2 Å². The Kier molecular flexibility index (Phi) is 3.58. The number of halogens is 2. The number of benzene rings is 2. The van der Waals surface area contributed by atoms with E-state index in [0.29, 0.717) is 11.6 Å². The molecule has 2 aromatic rings. The van der Waals surface area contributed by atoms with Crippen LogP contribution in [0.3, 0.4) is 0 Å². The van der Waals surface area contributed by atoms with Gasteiger partial charge in [0.2, 0.25) is 5.91 Å². The number of rotatable bonds is 2. The maximum absolute atomic E-state index is 12.7. The molecule has 1 aliphatic heterocycles. The summed E-state index contributed by atoms with van der Waals surface area (Å²) in [7, 11) is 0. The van der Waals surface area contributed by atoms with Gasteiger partial charge in [0.25, 0.3) is 0 Å². The Morgan fingerprint density at radius 2 is 1.90 bits per heavy atom. The van der Waals surface area contributed by atoms with E-state index in [1.807, 2.05) is 61.2 Å². The third-order valence-electron chi connectivity index (χ3n) is 3.99. The molecule has 0 radical (unpaired) electrons. The highest BCUT2D eigenvalue weighted by atomic mass is 79.9. The number of carbonyl (C=O) groups is 1. The van der Waals surface area contributed by atoms with E-state index >= 15 is 0 Å². The fourth-order valence-corrected chi connectivity index (χ4v) is 3.51. The van der Waals surface area contributed by atoms with E-state index in [0.717, 1.165) is 21.3 Å². The van der Waals surface area contributed by atoms with Crippen molar-refractivity contribution in [2.45, 2.75) is 25.8 Å². The number of fused-ring (bicyclic) bond motifs is 1. The molecular formula is C17H15BrClNO. The van der Waals surface area contributed by atoms with Crippen molar-refractivity contribution in [2.75, 3.05) is 4.90 Å². The van der Waals surface area contributed by atoms with Crippen molar-refractivity contribution in [1.82, 2.24) is 0 Å². The molecule has 0 spiro atoms. The van der Waals surface area contributed by atoms with Crippen molar-refractivity contribution in [3.63, 3.8) is 0 Å². The van der Waals surface area contributed by atoms with E-state index in [1.54, 1.807) is 0 Å². The van der Waals surface area contributed by atoms with Crippen molar-refractivity contribution < 1.29 is 4.79 Å². The average Bonchev–Trinajstić information content (AvgIpc) is 2.63. The van der Waals surface area contributed by atoms with Crippen molar-refractivity contribution in [3.05, 3.63) is 63.1 Å². The minimum Gasteiger partial charge on any atom is -0.307 e. The summed E-state index contributed by atoms with van der Waals surface area (Å²) < 4.78 is 0.935. The van der Waals surface area contributed by atoms with Crippen LogP contribution in [0.2, 0.25) is 5.02 Å². The first-order valence-corrected chi connectivity index (χ1v) is 7.94. The molecule has 0 aliphatic carbocycles. The lowest BCUT2D eigenvalue weighted by molar-refractivity contribution is -0.122. The second-order valence-electron chi connectivity index (χ2n) is 5.77.